The fraction of sp³-hybridized carbons (Fsp3) is 0.462. The Bertz CT molecular complexity index is 385. The van der Waals surface area contributed by atoms with Gasteiger partial charge in [-0.15, -0.1) is 0 Å². The number of hydrogen-bond donors (Lipinski definition) is 3. The summed E-state index contributed by atoms with van der Waals surface area (Å²) in [5.41, 5.74) is 1.63. The molecule has 1 aliphatic rings. The van der Waals surface area contributed by atoms with Crippen LogP contribution >= 0.6 is 0 Å². The molecule has 0 saturated carbocycles. The largest absolute Gasteiger partial charge is 0.392 e. The molecule has 0 radical (unpaired) electrons. The van der Waals surface area contributed by atoms with Crippen molar-refractivity contribution in [3.8, 4) is 0 Å². The molecule has 1 saturated heterocycles. The zero-order chi connectivity index (χ0) is 12.3. The molecule has 1 fully saturated rings. The summed E-state index contributed by atoms with van der Waals surface area (Å²) >= 11 is 0. The van der Waals surface area contributed by atoms with E-state index >= 15 is 0 Å². The zero-order valence-electron chi connectivity index (χ0n) is 9.94. The van der Waals surface area contributed by atoms with E-state index in [1.165, 1.54) is 0 Å². The van der Waals surface area contributed by atoms with Crippen molar-refractivity contribution >= 4 is 11.6 Å². The highest BCUT2D eigenvalue weighted by molar-refractivity contribution is 5.92. The summed E-state index contributed by atoms with van der Waals surface area (Å²) in [6, 6.07) is 7.25. The van der Waals surface area contributed by atoms with E-state index in [4.69, 9.17) is 5.11 Å². The van der Waals surface area contributed by atoms with Gasteiger partial charge in [-0.2, -0.15) is 0 Å². The van der Waals surface area contributed by atoms with Gasteiger partial charge in [-0.05, 0) is 36.7 Å². The van der Waals surface area contributed by atoms with Gasteiger partial charge in [-0.3, -0.25) is 4.79 Å². The van der Waals surface area contributed by atoms with E-state index in [0.717, 1.165) is 24.3 Å². The molecule has 0 spiro atoms. The Kier molecular flexibility index (Phi) is 3.76. The van der Waals surface area contributed by atoms with E-state index in [2.05, 4.69) is 10.6 Å². The molecule has 3 N–H and O–H groups in total. The summed E-state index contributed by atoms with van der Waals surface area (Å²) in [6.07, 6.45) is 0. The van der Waals surface area contributed by atoms with Crippen molar-refractivity contribution in [3.05, 3.63) is 29.8 Å². The number of rotatable bonds is 4. The maximum Gasteiger partial charge on any atom is 0.227 e. The van der Waals surface area contributed by atoms with E-state index in [-0.39, 0.29) is 18.4 Å². The standard InChI is InChI=1S/C13H18N2O2/c1-9(11-6-14-7-11)13(17)15-12-4-2-10(8-16)3-5-12/h2-5,9,11,14,16H,6-8H2,1H3,(H,15,17). The molecule has 0 aliphatic carbocycles. The van der Waals surface area contributed by atoms with Crippen LogP contribution in [0.1, 0.15) is 12.5 Å². The average molecular weight is 234 g/mol. The van der Waals surface area contributed by atoms with Crippen molar-refractivity contribution in [2.45, 2.75) is 13.5 Å². The van der Waals surface area contributed by atoms with Crippen LogP contribution in [0.3, 0.4) is 0 Å². The lowest BCUT2D eigenvalue weighted by molar-refractivity contribution is -0.121. The second-order valence-corrected chi connectivity index (χ2v) is 4.55. The molecule has 0 aromatic heterocycles. The Hall–Kier alpha value is -1.39. The second-order valence-electron chi connectivity index (χ2n) is 4.55. The number of amides is 1. The van der Waals surface area contributed by atoms with Crippen LogP contribution in [0, 0.1) is 11.8 Å². The molecular formula is C13H18N2O2. The van der Waals surface area contributed by atoms with E-state index in [9.17, 15) is 4.79 Å². The lowest BCUT2D eigenvalue weighted by atomic mass is 9.88. The van der Waals surface area contributed by atoms with E-state index in [1.54, 1.807) is 0 Å². The third-order valence-electron chi connectivity index (χ3n) is 3.34. The van der Waals surface area contributed by atoms with Crippen LogP contribution in [0.15, 0.2) is 24.3 Å². The van der Waals surface area contributed by atoms with Crippen LogP contribution in [-0.4, -0.2) is 24.1 Å². The molecular weight excluding hydrogens is 216 g/mol. The van der Waals surface area contributed by atoms with Crippen molar-refractivity contribution in [3.63, 3.8) is 0 Å². The van der Waals surface area contributed by atoms with Gasteiger partial charge < -0.3 is 15.7 Å². The number of benzene rings is 1. The van der Waals surface area contributed by atoms with Crippen LogP contribution in [0.5, 0.6) is 0 Å². The molecule has 1 heterocycles. The summed E-state index contributed by atoms with van der Waals surface area (Å²) in [6.45, 7) is 3.84. The van der Waals surface area contributed by atoms with Gasteiger partial charge in [0.1, 0.15) is 0 Å². The van der Waals surface area contributed by atoms with Crippen molar-refractivity contribution in [2.75, 3.05) is 18.4 Å². The molecule has 1 amide bonds. The fourth-order valence-electron chi connectivity index (χ4n) is 1.83. The van der Waals surface area contributed by atoms with Crippen molar-refractivity contribution in [1.29, 1.82) is 0 Å². The predicted molar refractivity (Wildman–Crippen MR) is 66.5 cm³/mol. The normalized spacial score (nSPS) is 17.3. The van der Waals surface area contributed by atoms with Crippen molar-refractivity contribution < 1.29 is 9.90 Å². The van der Waals surface area contributed by atoms with E-state index in [1.807, 2.05) is 31.2 Å². The third-order valence-corrected chi connectivity index (χ3v) is 3.34. The molecule has 1 atom stereocenters. The van der Waals surface area contributed by atoms with Gasteiger partial charge in [0.15, 0.2) is 0 Å². The van der Waals surface area contributed by atoms with Gasteiger partial charge in [-0.25, -0.2) is 0 Å². The first kappa shape index (κ1) is 12.1. The smallest absolute Gasteiger partial charge is 0.227 e. The molecule has 4 heteroatoms. The lowest BCUT2D eigenvalue weighted by Gasteiger charge is -2.31. The number of carbonyl (C=O) groups is 1. The summed E-state index contributed by atoms with van der Waals surface area (Å²) in [7, 11) is 0. The lowest BCUT2D eigenvalue weighted by Crippen LogP contribution is -2.48. The number of aliphatic hydroxyl groups is 1. The van der Waals surface area contributed by atoms with Crippen LogP contribution in [0.2, 0.25) is 0 Å². The average Bonchev–Trinajstić information content (AvgIpc) is 2.27. The molecule has 4 nitrogen and oxygen atoms in total. The molecule has 0 bridgehead atoms. The second kappa shape index (κ2) is 5.29. The first-order valence-corrected chi connectivity index (χ1v) is 5.92. The predicted octanol–water partition coefficient (Wildman–Crippen LogP) is 0.973. The first-order chi connectivity index (χ1) is 8.20. The van der Waals surface area contributed by atoms with E-state index < -0.39 is 0 Å². The Morgan fingerprint density at radius 3 is 2.59 bits per heavy atom. The van der Waals surface area contributed by atoms with Gasteiger partial charge in [-0.1, -0.05) is 19.1 Å². The monoisotopic (exact) mass is 234 g/mol. The maximum absolute atomic E-state index is 11.9. The molecule has 2 rings (SSSR count). The molecule has 1 aromatic carbocycles. The molecule has 1 aliphatic heterocycles. The highest BCUT2D eigenvalue weighted by Crippen LogP contribution is 2.18. The number of hydrogen-bond acceptors (Lipinski definition) is 3. The summed E-state index contributed by atoms with van der Waals surface area (Å²) in [5.74, 6) is 0.550. The Morgan fingerprint density at radius 1 is 1.47 bits per heavy atom. The summed E-state index contributed by atoms with van der Waals surface area (Å²) in [4.78, 5) is 11.9. The maximum atomic E-state index is 11.9. The molecule has 92 valence electrons. The number of nitrogens with one attached hydrogen (secondary N) is 2. The minimum Gasteiger partial charge on any atom is -0.392 e. The van der Waals surface area contributed by atoms with Gasteiger partial charge in [0.2, 0.25) is 5.91 Å². The minimum atomic E-state index is 0.0262. The van der Waals surface area contributed by atoms with Gasteiger partial charge >= 0.3 is 0 Å². The zero-order valence-corrected chi connectivity index (χ0v) is 9.94. The summed E-state index contributed by atoms with van der Waals surface area (Å²) < 4.78 is 0. The SMILES string of the molecule is CC(C(=O)Nc1ccc(CO)cc1)C1CNC1. The highest BCUT2D eigenvalue weighted by atomic mass is 16.3. The topological polar surface area (TPSA) is 61.4 Å². The first-order valence-electron chi connectivity index (χ1n) is 5.92. The van der Waals surface area contributed by atoms with Crippen LogP contribution < -0.4 is 10.6 Å². The number of anilines is 1. The summed E-state index contributed by atoms with van der Waals surface area (Å²) in [5, 5.41) is 15.0. The van der Waals surface area contributed by atoms with Gasteiger partial charge in [0.25, 0.3) is 0 Å². The van der Waals surface area contributed by atoms with Gasteiger partial charge in [0.05, 0.1) is 6.61 Å². The van der Waals surface area contributed by atoms with Crippen molar-refractivity contribution in [1.82, 2.24) is 5.32 Å². The highest BCUT2D eigenvalue weighted by Gasteiger charge is 2.28. The Morgan fingerprint density at radius 2 is 2.12 bits per heavy atom. The Labute approximate surface area is 101 Å². The van der Waals surface area contributed by atoms with Crippen LogP contribution in [0.4, 0.5) is 5.69 Å². The van der Waals surface area contributed by atoms with Gasteiger partial charge in [0, 0.05) is 11.6 Å². The fourth-order valence-corrected chi connectivity index (χ4v) is 1.83. The molecule has 1 unspecified atom stereocenters. The third kappa shape index (κ3) is 2.84. The number of aliphatic hydroxyl groups excluding tert-OH is 1. The van der Waals surface area contributed by atoms with Crippen molar-refractivity contribution in [2.24, 2.45) is 11.8 Å². The number of carbonyl (C=O) groups excluding carboxylic acids is 1. The van der Waals surface area contributed by atoms with Crippen LogP contribution in [0.25, 0.3) is 0 Å². The van der Waals surface area contributed by atoms with Crippen LogP contribution in [-0.2, 0) is 11.4 Å². The molecule has 17 heavy (non-hydrogen) atoms. The molecule has 1 aromatic rings. The quantitative estimate of drug-likeness (QED) is 0.727. The van der Waals surface area contributed by atoms with E-state index in [0.29, 0.717) is 5.92 Å². The minimum absolute atomic E-state index is 0.0262. The Balaban J connectivity index is 1.92.